The number of halogens is 3. The monoisotopic (exact) mass is 377 g/mol. The highest BCUT2D eigenvalue weighted by Gasteiger charge is 2.33. The molecule has 23 heavy (non-hydrogen) atoms. The van der Waals surface area contributed by atoms with Gasteiger partial charge in [-0.15, -0.1) is 12.4 Å². The Labute approximate surface area is 142 Å². The van der Waals surface area contributed by atoms with Crippen molar-refractivity contribution in [1.29, 1.82) is 0 Å². The van der Waals surface area contributed by atoms with E-state index in [0.29, 0.717) is 19.3 Å². The fraction of sp³-hybridized carbons (Fsp3) is 0.923. The summed E-state index contributed by atoms with van der Waals surface area (Å²) in [7, 11) is -3.27. The summed E-state index contributed by atoms with van der Waals surface area (Å²) in [4.78, 5) is 11.8. The molecule has 0 aromatic carbocycles. The molecule has 6 nitrogen and oxygen atoms in total. The maximum absolute atomic E-state index is 13.0. The van der Waals surface area contributed by atoms with Crippen LogP contribution in [0.25, 0.3) is 0 Å². The standard InChI is InChI=1S/C13H25F2N3O3S.ClH/c1-2-3-8-22(20,21)18-6-4-11(5-7-18)12(19)17-10-13(14,15)9-16;/h11H,2-10,16H2,1H3,(H,17,19);1H. The van der Waals surface area contributed by atoms with Crippen LogP contribution in [0.4, 0.5) is 8.78 Å². The first-order valence-electron chi connectivity index (χ1n) is 7.55. The van der Waals surface area contributed by atoms with Gasteiger partial charge in [-0.2, -0.15) is 0 Å². The van der Waals surface area contributed by atoms with Crippen molar-refractivity contribution in [2.45, 2.75) is 38.5 Å². The summed E-state index contributed by atoms with van der Waals surface area (Å²) < 4.78 is 51.4. The molecule has 1 fully saturated rings. The lowest BCUT2D eigenvalue weighted by Gasteiger charge is -2.30. The first kappa shape index (κ1) is 22.5. The predicted octanol–water partition coefficient (Wildman–Crippen LogP) is 0.960. The molecule has 0 aromatic heterocycles. The van der Waals surface area contributed by atoms with E-state index in [0.717, 1.165) is 6.42 Å². The van der Waals surface area contributed by atoms with Crippen LogP contribution in [0.2, 0.25) is 0 Å². The zero-order chi connectivity index (χ0) is 16.8. The molecule has 138 valence electrons. The molecule has 1 rings (SSSR count). The lowest BCUT2D eigenvalue weighted by Crippen LogP contribution is -2.47. The van der Waals surface area contributed by atoms with Crippen molar-refractivity contribution in [3.8, 4) is 0 Å². The molecule has 0 aromatic rings. The summed E-state index contributed by atoms with van der Waals surface area (Å²) in [5, 5.41) is 2.19. The van der Waals surface area contributed by atoms with Gasteiger partial charge in [0.05, 0.1) is 18.8 Å². The minimum Gasteiger partial charge on any atom is -0.350 e. The number of sulfonamides is 1. The van der Waals surface area contributed by atoms with E-state index in [4.69, 9.17) is 5.73 Å². The third kappa shape index (κ3) is 7.28. The molecule has 0 bridgehead atoms. The number of alkyl halides is 2. The highest BCUT2D eigenvalue weighted by molar-refractivity contribution is 7.89. The van der Waals surface area contributed by atoms with Crippen molar-refractivity contribution in [2.24, 2.45) is 11.7 Å². The molecule has 1 saturated heterocycles. The molecule has 1 heterocycles. The van der Waals surface area contributed by atoms with Crippen LogP contribution in [-0.4, -0.2) is 56.5 Å². The van der Waals surface area contributed by atoms with E-state index in [9.17, 15) is 22.0 Å². The molecule has 0 aliphatic carbocycles. The summed E-state index contributed by atoms with van der Waals surface area (Å²) in [6.45, 7) is 0.844. The quantitative estimate of drug-likeness (QED) is 0.659. The van der Waals surface area contributed by atoms with Crippen LogP contribution < -0.4 is 11.1 Å². The molecule has 0 saturated carbocycles. The number of nitrogens with zero attached hydrogens (tertiary/aromatic N) is 1. The highest BCUT2D eigenvalue weighted by atomic mass is 35.5. The van der Waals surface area contributed by atoms with E-state index in [1.807, 2.05) is 6.92 Å². The molecule has 0 spiro atoms. The van der Waals surface area contributed by atoms with Gasteiger partial charge in [0.15, 0.2) is 0 Å². The number of amides is 1. The number of nitrogens with two attached hydrogens (primary N) is 1. The minimum atomic E-state index is -3.27. The van der Waals surface area contributed by atoms with Crippen LogP contribution >= 0.6 is 12.4 Å². The average molecular weight is 378 g/mol. The lowest BCUT2D eigenvalue weighted by molar-refractivity contribution is -0.127. The Morgan fingerprint density at radius 1 is 1.35 bits per heavy atom. The number of hydrogen-bond donors (Lipinski definition) is 2. The zero-order valence-electron chi connectivity index (χ0n) is 13.3. The van der Waals surface area contributed by atoms with E-state index >= 15 is 0 Å². The van der Waals surface area contributed by atoms with Gasteiger partial charge in [0.25, 0.3) is 5.92 Å². The number of rotatable bonds is 8. The second-order valence-corrected chi connectivity index (χ2v) is 7.71. The highest BCUT2D eigenvalue weighted by Crippen LogP contribution is 2.21. The maximum Gasteiger partial charge on any atom is 0.277 e. The second-order valence-electron chi connectivity index (χ2n) is 5.62. The number of unbranched alkanes of at least 4 members (excludes halogenated alkanes) is 1. The molecule has 1 amide bonds. The topological polar surface area (TPSA) is 92.5 Å². The van der Waals surface area contributed by atoms with Gasteiger partial charge in [-0.25, -0.2) is 21.5 Å². The van der Waals surface area contributed by atoms with Crippen LogP contribution in [0.3, 0.4) is 0 Å². The number of carbonyl (C=O) groups is 1. The first-order valence-corrected chi connectivity index (χ1v) is 9.16. The minimum absolute atomic E-state index is 0. The van der Waals surface area contributed by atoms with E-state index < -0.39 is 40.9 Å². The molecule has 10 heteroatoms. The average Bonchev–Trinajstić information content (AvgIpc) is 2.51. The number of nitrogens with one attached hydrogen (secondary N) is 1. The molecular weight excluding hydrogens is 352 g/mol. The summed E-state index contributed by atoms with van der Waals surface area (Å²) in [6.07, 6.45) is 2.11. The van der Waals surface area contributed by atoms with Crippen molar-refractivity contribution in [3.05, 3.63) is 0 Å². The van der Waals surface area contributed by atoms with Crippen molar-refractivity contribution in [3.63, 3.8) is 0 Å². The van der Waals surface area contributed by atoms with Gasteiger partial charge in [0.2, 0.25) is 15.9 Å². The molecule has 3 N–H and O–H groups in total. The number of carbonyl (C=O) groups excluding carboxylic acids is 1. The van der Waals surface area contributed by atoms with Gasteiger partial charge >= 0.3 is 0 Å². The zero-order valence-corrected chi connectivity index (χ0v) is 14.9. The van der Waals surface area contributed by atoms with Crippen LogP contribution in [0.1, 0.15) is 32.6 Å². The Balaban J connectivity index is 0.00000484. The molecule has 1 aliphatic rings. The van der Waals surface area contributed by atoms with Crippen molar-refractivity contribution in [1.82, 2.24) is 9.62 Å². The first-order chi connectivity index (χ1) is 10.2. The van der Waals surface area contributed by atoms with E-state index in [-0.39, 0.29) is 31.2 Å². The normalized spacial score (nSPS) is 17.6. The smallest absolute Gasteiger partial charge is 0.277 e. The van der Waals surface area contributed by atoms with Crippen LogP contribution in [0.5, 0.6) is 0 Å². The Morgan fingerprint density at radius 3 is 2.39 bits per heavy atom. The third-order valence-corrected chi connectivity index (χ3v) is 5.75. The summed E-state index contributed by atoms with van der Waals surface area (Å²) in [5.74, 6) is -3.88. The summed E-state index contributed by atoms with van der Waals surface area (Å²) in [5.41, 5.74) is 4.90. The Bertz CT molecular complexity index is 469. The molecule has 0 radical (unpaired) electrons. The van der Waals surface area contributed by atoms with Crippen LogP contribution in [0, 0.1) is 5.92 Å². The fourth-order valence-electron chi connectivity index (χ4n) is 2.28. The van der Waals surface area contributed by atoms with Crippen molar-refractivity contribution in [2.75, 3.05) is 31.9 Å². The van der Waals surface area contributed by atoms with Crippen molar-refractivity contribution < 1.29 is 22.0 Å². The molecule has 0 unspecified atom stereocenters. The van der Waals surface area contributed by atoms with E-state index in [1.165, 1.54) is 4.31 Å². The lowest BCUT2D eigenvalue weighted by atomic mass is 9.97. The van der Waals surface area contributed by atoms with Gasteiger partial charge in [0.1, 0.15) is 0 Å². The van der Waals surface area contributed by atoms with Crippen molar-refractivity contribution >= 4 is 28.3 Å². The molecular formula is C13H26ClF2N3O3S. The SMILES string of the molecule is CCCCS(=O)(=O)N1CCC(C(=O)NCC(F)(F)CN)CC1.Cl. The van der Waals surface area contributed by atoms with Gasteiger partial charge in [-0.1, -0.05) is 13.3 Å². The Hall–Kier alpha value is -0.510. The van der Waals surface area contributed by atoms with Crippen LogP contribution in [0.15, 0.2) is 0 Å². The fourth-order valence-corrected chi connectivity index (χ4v) is 3.96. The number of piperidine rings is 1. The van der Waals surface area contributed by atoms with E-state index in [1.54, 1.807) is 0 Å². The van der Waals surface area contributed by atoms with Gasteiger partial charge in [-0.05, 0) is 19.3 Å². The number of hydrogen-bond acceptors (Lipinski definition) is 4. The van der Waals surface area contributed by atoms with E-state index in [2.05, 4.69) is 5.32 Å². The Morgan fingerprint density at radius 2 is 1.91 bits per heavy atom. The van der Waals surface area contributed by atoms with Gasteiger partial charge in [0, 0.05) is 19.0 Å². The molecule has 0 atom stereocenters. The largest absolute Gasteiger partial charge is 0.350 e. The predicted molar refractivity (Wildman–Crippen MR) is 87.3 cm³/mol. The maximum atomic E-state index is 13.0. The summed E-state index contributed by atoms with van der Waals surface area (Å²) in [6, 6.07) is 0. The molecule has 1 aliphatic heterocycles. The Kier molecular flexibility index (Phi) is 9.49. The van der Waals surface area contributed by atoms with Crippen LogP contribution in [-0.2, 0) is 14.8 Å². The van der Waals surface area contributed by atoms with Gasteiger partial charge < -0.3 is 11.1 Å². The second kappa shape index (κ2) is 9.71. The van der Waals surface area contributed by atoms with Gasteiger partial charge in [-0.3, -0.25) is 4.79 Å². The third-order valence-electron chi connectivity index (χ3n) is 3.79. The summed E-state index contributed by atoms with van der Waals surface area (Å²) >= 11 is 0.